The van der Waals surface area contributed by atoms with E-state index in [0.717, 1.165) is 6.54 Å². The molecule has 19 heavy (non-hydrogen) atoms. The maximum absolute atomic E-state index is 6.36. The van der Waals surface area contributed by atoms with Gasteiger partial charge < -0.3 is 4.52 Å². The van der Waals surface area contributed by atoms with Crippen LogP contribution >= 0.6 is 8.45 Å². The summed E-state index contributed by atoms with van der Waals surface area (Å²) in [5, 5.41) is 0. The third-order valence-electron chi connectivity index (χ3n) is 3.33. The van der Waals surface area contributed by atoms with Gasteiger partial charge >= 0.3 is 0 Å². The molecule has 114 valence electrons. The monoisotopic (exact) mass is 288 g/mol. The molecule has 1 fully saturated rings. The first-order valence-electron chi connectivity index (χ1n) is 7.48. The lowest BCUT2D eigenvalue weighted by molar-refractivity contribution is 0.0807. The number of nitrogens with zero attached hydrogens (tertiary/aromatic N) is 2. The Kier molecular flexibility index (Phi) is 5.46. The highest BCUT2D eigenvalue weighted by molar-refractivity contribution is 7.47. The van der Waals surface area contributed by atoms with E-state index in [0.29, 0.717) is 6.04 Å². The molecule has 3 nitrogen and oxygen atoms in total. The molecule has 1 saturated heterocycles. The lowest BCUT2D eigenvalue weighted by Crippen LogP contribution is -2.55. The predicted octanol–water partition coefficient (Wildman–Crippen LogP) is 4.63. The van der Waals surface area contributed by atoms with Gasteiger partial charge in [0, 0.05) is 23.7 Å². The summed E-state index contributed by atoms with van der Waals surface area (Å²) in [6.45, 7) is 21.5. The minimum Gasteiger partial charge on any atom is -0.329 e. The molecule has 4 heteroatoms. The molecule has 0 spiro atoms. The highest BCUT2D eigenvalue weighted by atomic mass is 31.2. The van der Waals surface area contributed by atoms with Gasteiger partial charge in [0.15, 0.2) is 8.45 Å². The minimum absolute atomic E-state index is 0.143. The average Bonchev–Trinajstić information content (AvgIpc) is 2.11. The van der Waals surface area contributed by atoms with Gasteiger partial charge in [0.1, 0.15) is 0 Å². The van der Waals surface area contributed by atoms with Gasteiger partial charge in [-0.25, -0.2) is 9.34 Å². The molecule has 0 aliphatic carbocycles. The van der Waals surface area contributed by atoms with Crippen LogP contribution in [-0.2, 0) is 4.52 Å². The van der Waals surface area contributed by atoms with Crippen LogP contribution in [0.2, 0.25) is 0 Å². The van der Waals surface area contributed by atoms with E-state index in [-0.39, 0.29) is 17.2 Å². The van der Waals surface area contributed by atoms with Crippen molar-refractivity contribution in [2.75, 3.05) is 6.54 Å². The summed E-state index contributed by atoms with van der Waals surface area (Å²) in [4.78, 5) is 0. The highest BCUT2D eigenvalue weighted by Gasteiger charge is 2.45. The third kappa shape index (κ3) is 4.39. The quantitative estimate of drug-likeness (QED) is 0.689. The smallest absolute Gasteiger partial charge is 0.189 e. The molecule has 0 saturated carbocycles. The minimum atomic E-state index is -0.687. The maximum atomic E-state index is 6.36. The molecule has 0 unspecified atom stereocenters. The first kappa shape index (κ1) is 17.4. The fourth-order valence-electron chi connectivity index (χ4n) is 2.61. The lowest BCUT2D eigenvalue weighted by atomic mass is 10.0. The van der Waals surface area contributed by atoms with Crippen molar-refractivity contribution < 1.29 is 4.52 Å². The van der Waals surface area contributed by atoms with Crippen molar-refractivity contribution in [3.05, 3.63) is 0 Å². The molecule has 2 atom stereocenters. The van der Waals surface area contributed by atoms with Crippen LogP contribution in [0.1, 0.15) is 68.7 Å². The zero-order valence-electron chi connectivity index (χ0n) is 14.3. The summed E-state index contributed by atoms with van der Waals surface area (Å²) in [6.07, 6.45) is 1.49. The largest absolute Gasteiger partial charge is 0.329 e. The molecule has 0 aromatic carbocycles. The third-order valence-corrected chi connectivity index (χ3v) is 6.52. The van der Waals surface area contributed by atoms with E-state index in [1.54, 1.807) is 0 Å². The molecular weight excluding hydrogens is 255 g/mol. The summed E-state index contributed by atoms with van der Waals surface area (Å²) in [5.74, 6) is 0. The molecule has 0 radical (unpaired) electrons. The Morgan fingerprint density at radius 3 is 1.95 bits per heavy atom. The van der Waals surface area contributed by atoms with E-state index >= 15 is 0 Å². The second-order valence-electron chi connectivity index (χ2n) is 7.85. The van der Waals surface area contributed by atoms with Crippen LogP contribution in [0.5, 0.6) is 0 Å². The molecule has 0 aromatic rings. The Balaban J connectivity index is 3.09. The van der Waals surface area contributed by atoms with Gasteiger partial charge in [-0.3, -0.25) is 0 Å². The molecule has 0 bridgehead atoms. The zero-order chi connectivity index (χ0) is 15.0. The summed E-state index contributed by atoms with van der Waals surface area (Å²) >= 11 is 0. The first-order valence-corrected chi connectivity index (χ1v) is 8.65. The van der Waals surface area contributed by atoms with Crippen LogP contribution in [0.4, 0.5) is 0 Å². The van der Waals surface area contributed by atoms with Gasteiger partial charge in [-0.2, -0.15) is 0 Å². The van der Waals surface area contributed by atoms with Gasteiger partial charge in [0.05, 0.1) is 6.10 Å². The van der Waals surface area contributed by atoms with Gasteiger partial charge in [-0.05, 0) is 68.7 Å². The normalized spacial score (nSPS) is 28.1. The predicted molar refractivity (Wildman–Crippen MR) is 85.3 cm³/mol. The molecule has 1 rings (SSSR count). The van der Waals surface area contributed by atoms with Crippen molar-refractivity contribution in [1.29, 1.82) is 0 Å². The maximum Gasteiger partial charge on any atom is 0.189 e. The van der Waals surface area contributed by atoms with Crippen molar-refractivity contribution in [1.82, 2.24) is 9.34 Å². The van der Waals surface area contributed by atoms with Gasteiger partial charge in [-0.1, -0.05) is 0 Å². The Labute approximate surface area is 121 Å². The van der Waals surface area contributed by atoms with Crippen molar-refractivity contribution in [3.63, 3.8) is 0 Å². The number of hydrogen-bond donors (Lipinski definition) is 0. The van der Waals surface area contributed by atoms with E-state index in [1.165, 1.54) is 6.42 Å². The van der Waals surface area contributed by atoms with E-state index in [4.69, 9.17) is 4.52 Å². The molecular formula is C15H33N2OP. The highest BCUT2D eigenvalue weighted by Crippen LogP contribution is 2.57. The van der Waals surface area contributed by atoms with Crippen LogP contribution in [0.25, 0.3) is 0 Å². The molecule has 1 heterocycles. The number of hydrogen-bond acceptors (Lipinski definition) is 3. The average molecular weight is 288 g/mol. The topological polar surface area (TPSA) is 15.7 Å². The summed E-state index contributed by atoms with van der Waals surface area (Å²) in [6, 6.07) is 0.587. The van der Waals surface area contributed by atoms with E-state index in [9.17, 15) is 0 Å². The van der Waals surface area contributed by atoms with Crippen molar-refractivity contribution in [2.24, 2.45) is 0 Å². The Morgan fingerprint density at radius 2 is 1.58 bits per heavy atom. The van der Waals surface area contributed by atoms with Gasteiger partial charge in [-0.15, -0.1) is 0 Å². The fourth-order valence-corrected chi connectivity index (χ4v) is 5.20. The molecule has 1 aliphatic rings. The molecule has 1 aliphatic heterocycles. The Bertz CT molecular complexity index is 294. The van der Waals surface area contributed by atoms with Gasteiger partial charge in [0.2, 0.25) is 0 Å². The second-order valence-corrected chi connectivity index (χ2v) is 9.48. The van der Waals surface area contributed by atoms with E-state index in [2.05, 4.69) is 71.7 Å². The molecule has 0 amide bonds. The number of rotatable bonds is 2. The Hall–Kier alpha value is 0.310. The zero-order valence-corrected chi connectivity index (χ0v) is 15.2. The summed E-state index contributed by atoms with van der Waals surface area (Å²) < 4.78 is 11.5. The molecule has 0 aromatic heterocycles. The second kappa shape index (κ2) is 5.97. The lowest BCUT2D eigenvalue weighted by Gasteiger charge is -2.55. The van der Waals surface area contributed by atoms with Crippen LogP contribution in [-0.4, -0.2) is 39.1 Å². The van der Waals surface area contributed by atoms with Crippen molar-refractivity contribution in [3.8, 4) is 0 Å². The van der Waals surface area contributed by atoms with Crippen LogP contribution in [0.3, 0.4) is 0 Å². The molecule has 0 N–H and O–H groups in total. The van der Waals surface area contributed by atoms with Crippen LogP contribution in [0.15, 0.2) is 0 Å². The summed E-state index contributed by atoms with van der Waals surface area (Å²) in [5.41, 5.74) is 0.300. The Morgan fingerprint density at radius 1 is 1.05 bits per heavy atom. The van der Waals surface area contributed by atoms with Gasteiger partial charge in [0.25, 0.3) is 0 Å². The van der Waals surface area contributed by atoms with E-state index in [1.807, 2.05) is 0 Å². The fraction of sp³-hybridized carbons (Fsp3) is 1.00. The summed E-state index contributed by atoms with van der Waals surface area (Å²) in [7, 11) is -0.687. The van der Waals surface area contributed by atoms with E-state index < -0.39 is 8.45 Å². The van der Waals surface area contributed by atoms with Crippen LogP contribution < -0.4 is 0 Å². The first-order chi connectivity index (χ1) is 8.44. The van der Waals surface area contributed by atoms with Crippen molar-refractivity contribution in [2.45, 2.75) is 92.0 Å². The standard InChI is InChI=1S/C15H33N2OP/c1-12(2)18-19-16(14(4,5)6)11-10-13(3)17(19)15(7,8)9/h12-13H,10-11H2,1-9H3/t13-,19+/m1/s1. The van der Waals surface area contributed by atoms with Crippen molar-refractivity contribution >= 4 is 8.45 Å². The van der Waals surface area contributed by atoms with Crippen LogP contribution in [0, 0.1) is 0 Å². The SMILES string of the molecule is CC(C)O[P@@]1N(C(C)(C)C)CC[C@@H](C)N1C(C)(C)C.